The van der Waals surface area contributed by atoms with Crippen LogP contribution in [0, 0.1) is 13.8 Å². The molecule has 0 aliphatic carbocycles. The number of primary amides is 1. The van der Waals surface area contributed by atoms with Gasteiger partial charge in [-0.05, 0) is 37.6 Å². The quantitative estimate of drug-likeness (QED) is 0.625. The molecule has 0 bridgehead atoms. The van der Waals surface area contributed by atoms with Crippen LogP contribution in [0.25, 0.3) is 10.2 Å². The van der Waals surface area contributed by atoms with Crippen LogP contribution in [0.3, 0.4) is 0 Å². The van der Waals surface area contributed by atoms with Crippen LogP contribution in [0.1, 0.15) is 27.2 Å². The van der Waals surface area contributed by atoms with Crippen molar-refractivity contribution in [2.45, 2.75) is 26.4 Å². The molecule has 0 saturated heterocycles. The summed E-state index contributed by atoms with van der Waals surface area (Å²) >= 11 is 1.52. The Bertz CT molecular complexity index is 1030. The Kier molecular flexibility index (Phi) is 5.41. The third-order valence-electron chi connectivity index (χ3n) is 4.13. The van der Waals surface area contributed by atoms with Crippen molar-refractivity contribution in [2.24, 2.45) is 5.73 Å². The van der Waals surface area contributed by atoms with Crippen molar-refractivity contribution in [1.29, 1.82) is 0 Å². The Labute approximate surface area is 162 Å². The van der Waals surface area contributed by atoms with E-state index in [1.165, 1.54) is 35.9 Å². The second-order valence-corrected chi connectivity index (χ2v) is 7.30. The van der Waals surface area contributed by atoms with Crippen LogP contribution >= 0.6 is 11.3 Å². The number of nitrogens with one attached hydrogen (secondary N) is 1. The van der Waals surface area contributed by atoms with Gasteiger partial charge in [-0.1, -0.05) is 0 Å². The number of halogens is 3. The molecule has 1 amide bonds. The van der Waals surface area contributed by atoms with E-state index >= 15 is 0 Å². The number of carbonyl (C=O) groups excluding carboxylic acids is 1. The first kappa shape index (κ1) is 19.9. The summed E-state index contributed by atoms with van der Waals surface area (Å²) < 4.78 is 42.6. The van der Waals surface area contributed by atoms with Crippen LogP contribution in [0.5, 0.6) is 5.75 Å². The number of aromatic nitrogens is 2. The van der Waals surface area contributed by atoms with E-state index in [9.17, 15) is 18.0 Å². The number of nitrogens with two attached hydrogens (primary N) is 1. The average Bonchev–Trinajstić information content (AvgIpc) is 2.90. The molecule has 0 unspecified atom stereocenters. The van der Waals surface area contributed by atoms with Gasteiger partial charge in [0.25, 0.3) is 0 Å². The smallest absolute Gasteiger partial charge is 0.392 e. The molecule has 6 nitrogen and oxygen atoms in total. The fraction of sp³-hybridized carbons (Fsp3) is 0.278. The number of amides is 1. The van der Waals surface area contributed by atoms with Gasteiger partial charge >= 0.3 is 6.18 Å². The van der Waals surface area contributed by atoms with Gasteiger partial charge in [0.05, 0.1) is 24.1 Å². The third kappa shape index (κ3) is 4.33. The molecule has 3 aromatic rings. The van der Waals surface area contributed by atoms with Gasteiger partial charge in [0.15, 0.2) is 0 Å². The van der Waals surface area contributed by atoms with Gasteiger partial charge in [0, 0.05) is 10.4 Å². The van der Waals surface area contributed by atoms with Gasteiger partial charge in [-0.15, -0.1) is 11.3 Å². The second-order valence-electron chi connectivity index (χ2n) is 6.10. The molecule has 0 spiro atoms. The van der Waals surface area contributed by atoms with Crippen LogP contribution < -0.4 is 15.8 Å². The Morgan fingerprint density at radius 3 is 2.71 bits per heavy atom. The number of fused-ring (bicyclic) bond motifs is 1. The normalized spacial score (nSPS) is 11.6. The minimum Gasteiger partial charge on any atom is -0.491 e. The molecule has 0 fully saturated rings. The highest BCUT2D eigenvalue weighted by atomic mass is 32.1. The highest BCUT2D eigenvalue weighted by molar-refractivity contribution is 7.18. The average molecular weight is 410 g/mol. The van der Waals surface area contributed by atoms with Gasteiger partial charge in [0.1, 0.15) is 22.7 Å². The molecule has 0 aliphatic rings. The van der Waals surface area contributed by atoms with Crippen molar-refractivity contribution in [1.82, 2.24) is 9.97 Å². The molecule has 1 aromatic carbocycles. The highest BCUT2D eigenvalue weighted by Gasteiger charge is 2.27. The number of carbonyl (C=O) groups is 1. The van der Waals surface area contributed by atoms with Crippen molar-refractivity contribution in [3.05, 3.63) is 40.5 Å². The molecule has 28 heavy (non-hydrogen) atoms. The Balaban J connectivity index is 1.96. The first-order valence-corrected chi connectivity index (χ1v) is 9.08. The SMILES string of the molecule is Cc1sc2ncnc(Nc3ccc(C(N)=O)cc3OCCC(F)(F)F)c2c1C. The van der Waals surface area contributed by atoms with Gasteiger partial charge in [-0.3, -0.25) is 4.79 Å². The van der Waals surface area contributed by atoms with Crippen LogP contribution in [0.15, 0.2) is 24.5 Å². The summed E-state index contributed by atoms with van der Waals surface area (Å²) in [5.41, 5.74) is 6.78. The summed E-state index contributed by atoms with van der Waals surface area (Å²) in [5.74, 6) is -0.128. The highest BCUT2D eigenvalue weighted by Crippen LogP contribution is 2.36. The fourth-order valence-corrected chi connectivity index (χ4v) is 3.58. The molecule has 3 N–H and O–H groups in total. The van der Waals surface area contributed by atoms with Crippen molar-refractivity contribution in [3.63, 3.8) is 0 Å². The van der Waals surface area contributed by atoms with E-state index in [4.69, 9.17) is 10.5 Å². The number of aryl methyl sites for hydroxylation is 2. The molecule has 2 heterocycles. The molecular formula is C18H17F3N4O2S. The van der Waals surface area contributed by atoms with Crippen LogP contribution in [-0.4, -0.2) is 28.7 Å². The Morgan fingerprint density at radius 1 is 1.29 bits per heavy atom. The van der Waals surface area contributed by atoms with Gasteiger partial charge in [-0.2, -0.15) is 13.2 Å². The number of nitrogens with zero attached hydrogens (tertiary/aromatic N) is 2. The third-order valence-corrected chi connectivity index (χ3v) is 5.24. The number of rotatable bonds is 6. The largest absolute Gasteiger partial charge is 0.491 e. The van der Waals surface area contributed by atoms with E-state index in [1.807, 2.05) is 13.8 Å². The maximum Gasteiger partial charge on any atom is 0.392 e. The lowest BCUT2D eigenvalue weighted by Gasteiger charge is -2.15. The molecule has 10 heteroatoms. The predicted molar refractivity (Wildman–Crippen MR) is 101 cm³/mol. The number of ether oxygens (including phenoxy) is 1. The number of hydrogen-bond donors (Lipinski definition) is 2. The molecule has 3 rings (SSSR count). The molecule has 0 radical (unpaired) electrons. The zero-order chi connectivity index (χ0) is 20.5. The number of alkyl halides is 3. The van der Waals surface area contributed by atoms with Crippen LogP contribution in [0.2, 0.25) is 0 Å². The fourth-order valence-electron chi connectivity index (χ4n) is 2.58. The summed E-state index contributed by atoms with van der Waals surface area (Å²) in [6, 6.07) is 4.29. The first-order chi connectivity index (χ1) is 13.2. The van der Waals surface area contributed by atoms with Gasteiger partial charge in [0.2, 0.25) is 5.91 Å². The van der Waals surface area contributed by atoms with Crippen LogP contribution in [-0.2, 0) is 0 Å². The topological polar surface area (TPSA) is 90.1 Å². The van der Waals surface area contributed by atoms with Crippen molar-refractivity contribution < 1.29 is 22.7 Å². The molecule has 0 aliphatic heterocycles. The van der Waals surface area contributed by atoms with E-state index in [0.717, 1.165) is 20.7 Å². The lowest BCUT2D eigenvalue weighted by molar-refractivity contribution is -0.139. The summed E-state index contributed by atoms with van der Waals surface area (Å²) in [4.78, 5) is 21.8. The minimum absolute atomic E-state index is 0.0805. The second kappa shape index (κ2) is 7.63. The standard InChI is InChI=1S/C18H17F3N4O2S/c1-9-10(2)28-17-14(9)16(23-8-24-17)25-12-4-3-11(15(22)26)7-13(12)27-6-5-18(19,20)21/h3-4,7-8H,5-6H2,1-2H3,(H2,22,26)(H,23,24,25). The van der Waals surface area contributed by atoms with Crippen molar-refractivity contribution in [3.8, 4) is 5.75 Å². The monoisotopic (exact) mass is 410 g/mol. The number of thiophene rings is 1. The van der Waals surface area contributed by atoms with Gasteiger partial charge < -0.3 is 15.8 Å². The van der Waals surface area contributed by atoms with E-state index in [-0.39, 0.29) is 11.3 Å². The molecule has 2 aromatic heterocycles. The maximum absolute atomic E-state index is 12.4. The summed E-state index contributed by atoms with van der Waals surface area (Å²) in [6.07, 6.45) is -4.06. The van der Waals surface area contributed by atoms with Crippen LogP contribution in [0.4, 0.5) is 24.7 Å². The van der Waals surface area contributed by atoms with E-state index in [2.05, 4.69) is 15.3 Å². The van der Waals surface area contributed by atoms with E-state index in [0.29, 0.717) is 11.5 Å². The lowest BCUT2D eigenvalue weighted by atomic mass is 10.1. The maximum atomic E-state index is 12.4. The Morgan fingerprint density at radius 2 is 2.04 bits per heavy atom. The van der Waals surface area contributed by atoms with Crippen molar-refractivity contribution >= 4 is 39.0 Å². The predicted octanol–water partition coefficient (Wildman–Crippen LogP) is 4.48. The molecule has 0 atom stereocenters. The minimum atomic E-state index is -4.35. The van der Waals surface area contributed by atoms with Gasteiger partial charge in [-0.25, -0.2) is 9.97 Å². The first-order valence-electron chi connectivity index (χ1n) is 8.27. The zero-order valence-electron chi connectivity index (χ0n) is 15.1. The number of benzene rings is 1. The van der Waals surface area contributed by atoms with Crippen molar-refractivity contribution in [2.75, 3.05) is 11.9 Å². The lowest BCUT2D eigenvalue weighted by Crippen LogP contribution is -2.15. The van der Waals surface area contributed by atoms with E-state index < -0.39 is 25.1 Å². The number of hydrogen-bond acceptors (Lipinski definition) is 6. The molecular weight excluding hydrogens is 393 g/mol. The molecule has 0 saturated carbocycles. The van der Waals surface area contributed by atoms with E-state index in [1.54, 1.807) is 0 Å². The molecule has 148 valence electrons. The number of anilines is 2. The summed E-state index contributed by atoms with van der Waals surface area (Å²) in [6.45, 7) is 3.33. The summed E-state index contributed by atoms with van der Waals surface area (Å²) in [5, 5.41) is 3.90. The summed E-state index contributed by atoms with van der Waals surface area (Å²) in [7, 11) is 0. The Hall–Kier alpha value is -2.88. The zero-order valence-corrected chi connectivity index (χ0v) is 15.9.